The van der Waals surface area contributed by atoms with Gasteiger partial charge in [0.25, 0.3) is 0 Å². The van der Waals surface area contributed by atoms with Crippen molar-refractivity contribution in [1.29, 1.82) is 0 Å². The molecule has 0 amide bonds. The fourth-order valence-corrected chi connectivity index (χ4v) is 3.83. The smallest absolute Gasteiger partial charge is 0.119 e. The molecule has 0 saturated carbocycles. The molecule has 0 bridgehead atoms. The van der Waals surface area contributed by atoms with E-state index in [2.05, 4.69) is 0 Å². The molecule has 138 valence electrons. The molecule has 0 radical (unpaired) electrons. The van der Waals surface area contributed by atoms with Gasteiger partial charge in [-0.05, 0) is 64.2 Å². The van der Waals surface area contributed by atoms with E-state index in [4.69, 9.17) is 0 Å². The summed E-state index contributed by atoms with van der Waals surface area (Å²) in [7, 11) is 0. The van der Waals surface area contributed by atoms with E-state index >= 15 is 0 Å². The van der Waals surface area contributed by atoms with Gasteiger partial charge >= 0.3 is 0 Å². The topological polar surface area (TPSA) is 34.1 Å². The molecule has 0 unspecified atom stereocenters. The van der Waals surface area contributed by atoms with Crippen molar-refractivity contribution in [2.75, 3.05) is 0 Å². The number of carbonyl (C=O) groups is 2. The van der Waals surface area contributed by atoms with Gasteiger partial charge in [0.1, 0.15) is 12.6 Å². The summed E-state index contributed by atoms with van der Waals surface area (Å²) in [6, 6.07) is 0. The average Bonchev–Trinajstić information content (AvgIpc) is 2.59. The van der Waals surface area contributed by atoms with Crippen LogP contribution in [0.3, 0.4) is 0 Å². The van der Waals surface area contributed by atoms with E-state index in [1.54, 1.807) is 11.1 Å². The van der Waals surface area contributed by atoms with E-state index in [1.807, 2.05) is 0 Å². The molecule has 0 aliphatic heterocycles. The molecular weight excluding hydrogens is 296 g/mol. The van der Waals surface area contributed by atoms with Gasteiger partial charge < -0.3 is 9.59 Å². The zero-order valence-corrected chi connectivity index (χ0v) is 15.7. The van der Waals surface area contributed by atoms with Crippen LogP contribution in [0.15, 0.2) is 11.1 Å². The fourth-order valence-electron chi connectivity index (χ4n) is 3.83. The number of carbonyl (C=O) groups excluding carboxylic acids is 2. The SMILES string of the molecule is O=CCCCC/C1=C(/CCCCC=O)CCCCCCCCCC1. The summed E-state index contributed by atoms with van der Waals surface area (Å²) in [5.41, 5.74) is 3.40. The Morgan fingerprint density at radius 2 is 0.917 bits per heavy atom. The molecule has 0 heterocycles. The lowest BCUT2D eigenvalue weighted by molar-refractivity contribution is -0.108. The van der Waals surface area contributed by atoms with Gasteiger partial charge in [-0.25, -0.2) is 0 Å². The molecule has 0 N–H and O–H groups in total. The highest BCUT2D eigenvalue weighted by Crippen LogP contribution is 2.28. The van der Waals surface area contributed by atoms with Gasteiger partial charge in [-0.15, -0.1) is 0 Å². The number of hydrogen-bond acceptors (Lipinski definition) is 2. The second kappa shape index (κ2) is 15.6. The van der Waals surface area contributed by atoms with Crippen molar-refractivity contribution in [1.82, 2.24) is 0 Å². The van der Waals surface area contributed by atoms with Crippen LogP contribution in [0.5, 0.6) is 0 Å². The van der Waals surface area contributed by atoms with Crippen molar-refractivity contribution in [3.63, 3.8) is 0 Å². The monoisotopic (exact) mass is 334 g/mol. The van der Waals surface area contributed by atoms with E-state index in [1.165, 1.54) is 77.0 Å². The van der Waals surface area contributed by atoms with E-state index in [0.29, 0.717) is 12.8 Å². The Morgan fingerprint density at radius 1 is 0.542 bits per heavy atom. The largest absolute Gasteiger partial charge is 0.303 e. The van der Waals surface area contributed by atoms with E-state index in [9.17, 15) is 9.59 Å². The number of rotatable bonds is 10. The summed E-state index contributed by atoms with van der Waals surface area (Å²) in [6.45, 7) is 0. The summed E-state index contributed by atoms with van der Waals surface area (Å²) in [4.78, 5) is 21.1. The third-order valence-corrected chi connectivity index (χ3v) is 5.31. The third kappa shape index (κ3) is 10.8. The molecular formula is C22H38O2. The van der Waals surface area contributed by atoms with E-state index in [0.717, 1.165) is 38.3 Å². The minimum Gasteiger partial charge on any atom is -0.303 e. The van der Waals surface area contributed by atoms with Crippen molar-refractivity contribution >= 4 is 12.6 Å². The normalized spacial score (nSPS) is 20.8. The first-order valence-electron chi connectivity index (χ1n) is 10.5. The first-order valence-corrected chi connectivity index (χ1v) is 10.5. The number of hydrogen-bond donors (Lipinski definition) is 0. The van der Waals surface area contributed by atoms with Gasteiger partial charge in [0.15, 0.2) is 0 Å². The maximum Gasteiger partial charge on any atom is 0.119 e. The second-order valence-electron chi connectivity index (χ2n) is 7.36. The summed E-state index contributed by atoms with van der Waals surface area (Å²) < 4.78 is 0. The molecule has 1 rings (SSSR count). The Hall–Kier alpha value is -0.920. The van der Waals surface area contributed by atoms with Gasteiger partial charge in [0.2, 0.25) is 0 Å². The van der Waals surface area contributed by atoms with Crippen molar-refractivity contribution in [2.45, 2.75) is 116 Å². The molecule has 2 nitrogen and oxygen atoms in total. The van der Waals surface area contributed by atoms with Gasteiger partial charge in [0.05, 0.1) is 0 Å². The molecule has 0 aromatic carbocycles. The van der Waals surface area contributed by atoms with Crippen LogP contribution in [0.25, 0.3) is 0 Å². The van der Waals surface area contributed by atoms with Crippen LogP contribution in [0.4, 0.5) is 0 Å². The molecule has 0 aromatic rings. The second-order valence-corrected chi connectivity index (χ2v) is 7.36. The molecule has 1 aliphatic carbocycles. The van der Waals surface area contributed by atoms with Crippen LogP contribution in [-0.2, 0) is 9.59 Å². The summed E-state index contributed by atoms with van der Waals surface area (Å²) in [5.74, 6) is 0. The Balaban J connectivity index is 2.64. The zero-order valence-electron chi connectivity index (χ0n) is 15.7. The molecule has 0 spiro atoms. The maximum atomic E-state index is 10.5. The lowest BCUT2D eigenvalue weighted by atomic mass is 9.89. The molecule has 0 saturated heterocycles. The van der Waals surface area contributed by atoms with Crippen LogP contribution >= 0.6 is 0 Å². The van der Waals surface area contributed by atoms with E-state index in [-0.39, 0.29) is 0 Å². The lowest BCUT2D eigenvalue weighted by Gasteiger charge is -2.17. The van der Waals surface area contributed by atoms with Crippen molar-refractivity contribution in [2.24, 2.45) is 0 Å². The van der Waals surface area contributed by atoms with Gasteiger partial charge in [-0.3, -0.25) is 0 Å². The highest BCUT2D eigenvalue weighted by Gasteiger charge is 2.09. The standard InChI is InChI=1S/C22H38O2/c23-19-13-7-11-17-21-15-9-5-3-1-2-4-6-10-16-22(21)18-12-8-14-20-24/h19-20H,1-18H2/b22-21+. The molecule has 1 aliphatic rings. The predicted octanol–water partition coefficient (Wildman–Crippen LogP) is 6.72. The highest BCUT2D eigenvalue weighted by molar-refractivity contribution is 5.49. The van der Waals surface area contributed by atoms with Crippen molar-refractivity contribution in [3.8, 4) is 0 Å². The van der Waals surface area contributed by atoms with Crippen LogP contribution < -0.4 is 0 Å². The maximum absolute atomic E-state index is 10.5. The van der Waals surface area contributed by atoms with Crippen molar-refractivity contribution < 1.29 is 9.59 Å². The minimum atomic E-state index is 0.710. The number of allylic oxidation sites excluding steroid dienone is 2. The zero-order chi connectivity index (χ0) is 17.3. The molecule has 0 aromatic heterocycles. The molecule has 24 heavy (non-hydrogen) atoms. The Labute approximate surface area is 149 Å². The van der Waals surface area contributed by atoms with Gasteiger partial charge in [-0.1, -0.05) is 49.7 Å². The molecule has 0 atom stereocenters. The van der Waals surface area contributed by atoms with Crippen LogP contribution in [0, 0.1) is 0 Å². The van der Waals surface area contributed by atoms with E-state index < -0.39 is 0 Å². The van der Waals surface area contributed by atoms with Gasteiger partial charge in [-0.2, -0.15) is 0 Å². The van der Waals surface area contributed by atoms with Crippen LogP contribution in [0.1, 0.15) is 116 Å². The van der Waals surface area contributed by atoms with Crippen molar-refractivity contribution in [3.05, 3.63) is 11.1 Å². The molecule has 2 heteroatoms. The Kier molecular flexibility index (Phi) is 13.7. The van der Waals surface area contributed by atoms with Crippen LogP contribution in [-0.4, -0.2) is 12.6 Å². The van der Waals surface area contributed by atoms with Gasteiger partial charge in [0, 0.05) is 12.8 Å². The average molecular weight is 335 g/mol. The minimum absolute atomic E-state index is 0.710. The Bertz CT molecular complexity index is 323. The number of aldehydes is 2. The summed E-state index contributed by atoms with van der Waals surface area (Å²) in [5, 5.41) is 0. The number of unbranched alkanes of at least 4 members (excludes halogenated alkanes) is 4. The third-order valence-electron chi connectivity index (χ3n) is 5.31. The molecule has 0 fully saturated rings. The summed E-state index contributed by atoms with van der Waals surface area (Å²) in [6.07, 6.45) is 23.9. The predicted molar refractivity (Wildman–Crippen MR) is 102 cm³/mol. The highest BCUT2D eigenvalue weighted by atomic mass is 16.1. The quantitative estimate of drug-likeness (QED) is 0.252. The lowest BCUT2D eigenvalue weighted by Crippen LogP contribution is -1.98. The summed E-state index contributed by atoms with van der Waals surface area (Å²) >= 11 is 0. The first-order chi connectivity index (χ1) is 11.9. The first kappa shape index (κ1) is 21.1. The van der Waals surface area contributed by atoms with Crippen LogP contribution in [0.2, 0.25) is 0 Å². The fraction of sp³-hybridized carbons (Fsp3) is 0.818. The Morgan fingerprint density at radius 3 is 1.29 bits per heavy atom.